The van der Waals surface area contributed by atoms with E-state index in [0.29, 0.717) is 17.4 Å². The Morgan fingerprint density at radius 1 is 1.27 bits per heavy atom. The molecule has 0 aromatic heterocycles. The first-order valence-corrected chi connectivity index (χ1v) is 9.89. The van der Waals surface area contributed by atoms with Crippen LogP contribution in [0.2, 0.25) is 0 Å². The first-order chi connectivity index (χ1) is 10.6. The summed E-state index contributed by atoms with van der Waals surface area (Å²) in [5, 5.41) is 0.756. The normalized spacial score (nSPS) is 32.8. The van der Waals surface area contributed by atoms with E-state index in [0.717, 1.165) is 24.1 Å². The summed E-state index contributed by atoms with van der Waals surface area (Å²) in [6, 6.07) is 0. The molecule has 0 aromatic carbocycles. The van der Waals surface area contributed by atoms with Gasteiger partial charge in [0.25, 0.3) is 0 Å². The van der Waals surface area contributed by atoms with E-state index in [9.17, 15) is 4.79 Å². The molecule has 0 spiro atoms. The van der Waals surface area contributed by atoms with Crippen molar-refractivity contribution in [1.82, 2.24) is 0 Å². The zero-order valence-corrected chi connectivity index (χ0v) is 15.5. The van der Waals surface area contributed by atoms with E-state index >= 15 is 0 Å². The van der Waals surface area contributed by atoms with Crippen molar-refractivity contribution in [2.45, 2.75) is 64.9 Å². The zero-order chi connectivity index (χ0) is 15.9. The number of ether oxygens (including phenoxy) is 1. The molecule has 2 aliphatic carbocycles. The Bertz CT molecular complexity index is 427. The fourth-order valence-electron chi connectivity index (χ4n) is 4.10. The van der Waals surface area contributed by atoms with Crippen LogP contribution in [-0.4, -0.2) is 17.4 Å². The molecule has 0 amide bonds. The van der Waals surface area contributed by atoms with Crippen molar-refractivity contribution < 1.29 is 9.53 Å². The summed E-state index contributed by atoms with van der Waals surface area (Å²) in [5.74, 6) is 1.97. The average molecular weight is 369 g/mol. The molecule has 2 fully saturated rings. The first kappa shape index (κ1) is 17.8. The number of hydrogen-bond donors (Lipinski definition) is 0. The van der Waals surface area contributed by atoms with Crippen LogP contribution in [0.15, 0.2) is 23.8 Å². The second-order valence-electron chi connectivity index (χ2n) is 6.94. The van der Waals surface area contributed by atoms with Gasteiger partial charge in [-0.3, -0.25) is 0 Å². The second-order valence-corrected chi connectivity index (χ2v) is 7.58. The van der Waals surface area contributed by atoms with E-state index in [4.69, 9.17) is 4.74 Å². The van der Waals surface area contributed by atoms with Crippen LogP contribution in [0.1, 0.15) is 58.8 Å². The quantitative estimate of drug-likeness (QED) is 0.280. The lowest BCUT2D eigenvalue weighted by molar-refractivity contribution is -0.148. The predicted octanol–water partition coefficient (Wildman–Crippen LogP) is 5.42. The Morgan fingerprint density at radius 2 is 2.09 bits per heavy atom. The zero-order valence-electron chi connectivity index (χ0n) is 13.9. The van der Waals surface area contributed by atoms with Crippen molar-refractivity contribution in [3.05, 3.63) is 23.8 Å². The molecular formula is C19H29BrO2. The third-order valence-electron chi connectivity index (χ3n) is 5.02. The molecule has 2 bridgehead atoms. The monoisotopic (exact) mass is 368 g/mol. The van der Waals surface area contributed by atoms with Crippen LogP contribution in [-0.2, 0) is 9.53 Å². The van der Waals surface area contributed by atoms with E-state index in [1.807, 2.05) is 18.2 Å². The maximum Gasteiger partial charge on any atom is 0.338 e. The third-order valence-corrected chi connectivity index (χ3v) is 5.40. The lowest BCUT2D eigenvalue weighted by Gasteiger charge is -2.30. The van der Waals surface area contributed by atoms with Crippen LogP contribution in [0.5, 0.6) is 0 Å². The van der Waals surface area contributed by atoms with E-state index in [1.54, 1.807) is 0 Å². The maximum absolute atomic E-state index is 12.5. The lowest BCUT2D eigenvalue weighted by atomic mass is 9.79. The van der Waals surface area contributed by atoms with E-state index in [1.165, 1.54) is 32.1 Å². The van der Waals surface area contributed by atoms with Gasteiger partial charge in [-0.25, -0.2) is 4.79 Å². The molecule has 0 aromatic rings. The first-order valence-electron chi connectivity index (χ1n) is 8.77. The Labute approximate surface area is 143 Å². The van der Waals surface area contributed by atoms with Crippen molar-refractivity contribution in [3.63, 3.8) is 0 Å². The van der Waals surface area contributed by atoms with Crippen molar-refractivity contribution in [2.75, 3.05) is 5.33 Å². The molecule has 0 saturated heterocycles. The summed E-state index contributed by atoms with van der Waals surface area (Å²) in [4.78, 5) is 12.5. The summed E-state index contributed by atoms with van der Waals surface area (Å²) in [5.41, 5.74) is 0.700. The van der Waals surface area contributed by atoms with Gasteiger partial charge in [-0.1, -0.05) is 60.8 Å². The molecule has 2 nitrogen and oxygen atoms in total. The molecule has 3 heteroatoms. The number of fused-ring (bicyclic) bond motifs is 2. The molecule has 4 unspecified atom stereocenters. The van der Waals surface area contributed by atoms with Crippen LogP contribution in [0, 0.1) is 17.8 Å². The highest BCUT2D eigenvalue weighted by molar-refractivity contribution is 9.09. The second kappa shape index (κ2) is 8.90. The molecule has 0 N–H and O–H groups in total. The molecule has 22 heavy (non-hydrogen) atoms. The lowest BCUT2D eigenvalue weighted by Crippen LogP contribution is -2.29. The highest BCUT2D eigenvalue weighted by atomic mass is 79.9. The van der Waals surface area contributed by atoms with Crippen LogP contribution in [0.4, 0.5) is 0 Å². The standard InChI is InChI=1S/C19H29BrO2/c1-3-6-16(9-5-10-20)19(21)22-18-12-14(2)11-15-7-4-8-17(18)13-15/h5-6,9,14-15,17-18H,3-4,7-8,10-13H2,1-2H3/b9-5-,16-6+. The highest BCUT2D eigenvalue weighted by Gasteiger charge is 2.36. The Hall–Kier alpha value is -0.570. The van der Waals surface area contributed by atoms with Gasteiger partial charge in [0.15, 0.2) is 0 Å². The fourth-order valence-corrected chi connectivity index (χ4v) is 4.29. The molecule has 0 radical (unpaired) electrons. The Kier molecular flexibility index (Phi) is 7.20. The Balaban J connectivity index is 2.04. The van der Waals surface area contributed by atoms with E-state index in [-0.39, 0.29) is 12.1 Å². The molecular weight excluding hydrogens is 340 g/mol. The van der Waals surface area contributed by atoms with Crippen LogP contribution in [0.25, 0.3) is 0 Å². The van der Waals surface area contributed by atoms with Gasteiger partial charge in [0.05, 0.1) is 5.57 Å². The van der Waals surface area contributed by atoms with Crippen LogP contribution >= 0.6 is 15.9 Å². The molecule has 2 aliphatic rings. The number of halogens is 1. The molecule has 2 saturated carbocycles. The van der Waals surface area contributed by atoms with Gasteiger partial charge < -0.3 is 4.74 Å². The molecule has 124 valence electrons. The number of allylic oxidation sites excluding steroid dienone is 2. The van der Waals surface area contributed by atoms with Crippen molar-refractivity contribution in [2.24, 2.45) is 17.8 Å². The summed E-state index contributed by atoms with van der Waals surface area (Å²) < 4.78 is 5.97. The van der Waals surface area contributed by atoms with Gasteiger partial charge in [-0.15, -0.1) is 0 Å². The minimum absolute atomic E-state index is 0.116. The number of esters is 1. The molecule has 2 rings (SSSR count). The maximum atomic E-state index is 12.5. The van der Waals surface area contributed by atoms with Crippen LogP contribution < -0.4 is 0 Å². The summed E-state index contributed by atoms with van der Waals surface area (Å²) in [7, 11) is 0. The van der Waals surface area contributed by atoms with Crippen LogP contribution in [0.3, 0.4) is 0 Å². The topological polar surface area (TPSA) is 26.3 Å². The summed E-state index contributed by atoms with van der Waals surface area (Å²) >= 11 is 3.36. The fraction of sp³-hybridized carbons (Fsp3) is 0.737. The minimum Gasteiger partial charge on any atom is -0.458 e. The number of carbonyl (C=O) groups is 1. The minimum atomic E-state index is -0.139. The summed E-state index contributed by atoms with van der Waals surface area (Å²) in [6.07, 6.45) is 14.3. The largest absolute Gasteiger partial charge is 0.458 e. The summed E-state index contributed by atoms with van der Waals surface area (Å²) in [6.45, 7) is 4.36. The number of carbonyl (C=O) groups excluding carboxylic acids is 1. The van der Waals surface area contributed by atoms with Crippen molar-refractivity contribution in [1.29, 1.82) is 0 Å². The van der Waals surface area contributed by atoms with E-state index < -0.39 is 0 Å². The van der Waals surface area contributed by atoms with E-state index in [2.05, 4.69) is 29.8 Å². The smallest absolute Gasteiger partial charge is 0.338 e. The van der Waals surface area contributed by atoms with Crippen molar-refractivity contribution >= 4 is 21.9 Å². The predicted molar refractivity (Wildman–Crippen MR) is 95.0 cm³/mol. The number of rotatable bonds is 5. The SMILES string of the molecule is CC/C=C(\C=C/CBr)C(=O)OC1CC(C)CC2CCCC1C2. The molecule has 0 heterocycles. The number of hydrogen-bond acceptors (Lipinski definition) is 2. The van der Waals surface area contributed by atoms with Gasteiger partial charge in [0, 0.05) is 5.33 Å². The third kappa shape index (κ3) is 4.97. The van der Waals surface area contributed by atoms with Gasteiger partial charge in [0.2, 0.25) is 0 Å². The average Bonchev–Trinajstić information content (AvgIpc) is 2.59. The van der Waals surface area contributed by atoms with Gasteiger partial charge >= 0.3 is 5.97 Å². The Morgan fingerprint density at radius 3 is 2.82 bits per heavy atom. The molecule has 4 atom stereocenters. The van der Waals surface area contributed by atoms with Crippen molar-refractivity contribution in [3.8, 4) is 0 Å². The molecule has 0 aliphatic heterocycles. The van der Waals surface area contributed by atoms with Gasteiger partial charge in [-0.2, -0.15) is 0 Å². The number of alkyl halides is 1. The van der Waals surface area contributed by atoms with Gasteiger partial charge in [0.1, 0.15) is 6.10 Å². The van der Waals surface area contributed by atoms with Gasteiger partial charge in [-0.05, 0) is 49.9 Å². The highest BCUT2D eigenvalue weighted by Crippen LogP contribution is 2.41.